The highest BCUT2D eigenvalue weighted by atomic mass is 32.2. The van der Waals surface area contributed by atoms with Gasteiger partial charge in [0.15, 0.2) is 0 Å². The summed E-state index contributed by atoms with van der Waals surface area (Å²) in [6.45, 7) is 2.58. The van der Waals surface area contributed by atoms with Gasteiger partial charge in [0.2, 0.25) is 10.9 Å². The maximum atomic E-state index is 12.0. The Kier molecular flexibility index (Phi) is 3.31. The highest BCUT2D eigenvalue weighted by Gasteiger charge is 2.11. The molecule has 0 amide bonds. The number of nitrogens with zero attached hydrogens (tertiary/aromatic N) is 4. The molecular formula is C14H14N4OS. The number of fused-ring (bicyclic) bond motifs is 1. The van der Waals surface area contributed by atoms with E-state index in [2.05, 4.69) is 22.2 Å². The van der Waals surface area contributed by atoms with Crippen LogP contribution in [0.3, 0.4) is 0 Å². The topological polar surface area (TPSA) is 52.2 Å². The minimum atomic E-state index is -0.144. The minimum absolute atomic E-state index is 0.144. The van der Waals surface area contributed by atoms with Crippen LogP contribution in [0.1, 0.15) is 11.3 Å². The quantitative estimate of drug-likeness (QED) is 0.691. The molecule has 0 saturated carbocycles. The Morgan fingerprint density at radius 2 is 2.00 bits per heavy atom. The second-order valence-corrected chi connectivity index (χ2v) is 5.28. The molecule has 6 heteroatoms. The van der Waals surface area contributed by atoms with Crippen LogP contribution in [0.5, 0.6) is 0 Å². The Balaban J connectivity index is 2.19. The molecule has 0 N–H and O–H groups in total. The number of aryl methyl sites for hydroxylation is 1. The molecule has 102 valence electrons. The first-order valence-electron chi connectivity index (χ1n) is 6.24. The monoisotopic (exact) mass is 286 g/mol. The summed E-state index contributed by atoms with van der Waals surface area (Å²) in [5.74, 6) is 0.586. The highest BCUT2D eigenvalue weighted by Crippen LogP contribution is 2.13. The fourth-order valence-electron chi connectivity index (χ4n) is 2.13. The number of rotatable bonds is 3. The lowest BCUT2D eigenvalue weighted by Crippen LogP contribution is -2.20. The maximum absolute atomic E-state index is 12.0. The lowest BCUT2D eigenvalue weighted by atomic mass is 10.2. The molecule has 2 heterocycles. The first-order chi connectivity index (χ1) is 9.69. The van der Waals surface area contributed by atoms with E-state index in [9.17, 15) is 4.79 Å². The molecular weight excluding hydrogens is 272 g/mol. The fourth-order valence-corrected chi connectivity index (χ4v) is 2.47. The smallest absolute Gasteiger partial charge is 0.275 e. The zero-order valence-electron chi connectivity index (χ0n) is 11.3. The molecule has 0 aliphatic carbocycles. The molecule has 0 aliphatic heterocycles. The van der Waals surface area contributed by atoms with Gasteiger partial charge in [-0.05, 0) is 18.7 Å². The number of aromatic nitrogens is 4. The minimum Gasteiger partial charge on any atom is -0.310 e. The van der Waals surface area contributed by atoms with E-state index in [-0.39, 0.29) is 5.56 Å². The Bertz CT molecular complexity index is 807. The third-order valence-corrected chi connectivity index (χ3v) is 3.68. The van der Waals surface area contributed by atoms with Gasteiger partial charge in [-0.15, -0.1) is 5.10 Å². The second-order valence-electron chi connectivity index (χ2n) is 4.51. The molecule has 0 fully saturated rings. The molecule has 20 heavy (non-hydrogen) atoms. The zero-order valence-corrected chi connectivity index (χ0v) is 12.1. The van der Waals surface area contributed by atoms with Crippen molar-refractivity contribution in [3.05, 3.63) is 58.0 Å². The van der Waals surface area contributed by atoms with Crippen LogP contribution < -0.4 is 5.56 Å². The predicted molar refractivity (Wildman–Crippen MR) is 79.3 cm³/mol. The van der Waals surface area contributed by atoms with E-state index in [4.69, 9.17) is 0 Å². The summed E-state index contributed by atoms with van der Waals surface area (Å²) < 4.78 is 3.37. The van der Waals surface area contributed by atoms with E-state index in [1.807, 2.05) is 35.9 Å². The molecule has 0 aliphatic rings. The van der Waals surface area contributed by atoms with Crippen molar-refractivity contribution in [3.63, 3.8) is 0 Å². The standard InChI is InChI=1S/C14H14N4OS/c1-10-8-12(19)18-14(15-13(16-18)20-2)17(10)9-11-6-4-3-5-7-11/h3-8H,9H2,1-2H3. The van der Waals surface area contributed by atoms with Crippen LogP contribution in [0, 0.1) is 6.92 Å². The van der Waals surface area contributed by atoms with E-state index >= 15 is 0 Å². The normalized spacial score (nSPS) is 11.1. The van der Waals surface area contributed by atoms with Gasteiger partial charge in [-0.25, -0.2) is 0 Å². The first kappa shape index (κ1) is 12.9. The summed E-state index contributed by atoms with van der Waals surface area (Å²) in [5, 5.41) is 4.82. The van der Waals surface area contributed by atoms with Crippen LogP contribution in [0.4, 0.5) is 0 Å². The van der Waals surface area contributed by atoms with Gasteiger partial charge in [0.25, 0.3) is 5.56 Å². The van der Waals surface area contributed by atoms with E-state index in [1.54, 1.807) is 6.07 Å². The third kappa shape index (κ3) is 2.22. The Hall–Kier alpha value is -2.08. The predicted octanol–water partition coefficient (Wildman–Crippen LogP) is 1.97. The number of hydrogen-bond donors (Lipinski definition) is 0. The largest absolute Gasteiger partial charge is 0.310 e. The summed E-state index contributed by atoms with van der Waals surface area (Å²) in [5.41, 5.74) is 1.90. The van der Waals surface area contributed by atoms with Gasteiger partial charge in [0.05, 0.1) is 6.54 Å². The van der Waals surface area contributed by atoms with E-state index in [1.165, 1.54) is 16.3 Å². The molecule has 0 bridgehead atoms. The zero-order chi connectivity index (χ0) is 14.1. The lowest BCUT2D eigenvalue weighted by molar-refractivity contribution is 0.729. The van der Waals surface area contributed by atoms with Crippen LogP contribution in [0.2, 0.25) is 0 Å². The fraction of sp³-hybridized carbons (Fsp3) is 0.214. The molecule has 5 nitrogen and oxygen atoms in total. The molecule has 2 aromatic heterocycles. The Labute approximate surface area is 120 Å². The molecule has 3 aromatic rings. The highest BCUT2D eigenvalue weighted by molar-refractivity contribution is 7.98. The number of thioether (sulfide) groups is 1. The summed E-state index contributed by atoms with van der Waals surface area (Å²) in [4.78, 5) is 16.4. The molecule has 0 radical (unpaired) electrons. The summed E-state index contributed by atoms with van der Waals surface area (Å²) in [6.07, 6.45) is 1.90. The number of hydrogen-bond acceptors (Lipinski definition) is 4. The van der Waals surface area contributed by atoms with Gasteiger partial charge in [-0.2, -0.15) is 9.50 Å². The van der Waals surface area contributed by atoms with Crippen LogP contribution in [-0.2, 0) is 6.54 Å². The molecule has 0 atom stereocenters. The van der Waals surface area contributed by atoms with Gasteiger partial charge in [0, 0.05) is 11.8 Å². The average molecular weight is 286 g/mol. The summed E-state index contributed by atoms with van der Waals surface area (Å²) in [6, 6.07) is 11.7. The van der Waals surface area contributed by atoms with E-state index in [0.29, 0.717) is 17.5 Å². The van der Waals surface area contributed by atoms with Crippen LogP contribution in [0.15, 0.2) is 46.3 Å². The second kappa shape index (κ2) is 5.13. The van der Waals surface area contributed by atoms with Crippen molar-refractivity contribution in [2.24, 2.45) is 0 Å². The molecule has 0 spiro atoms. The molecule has 3 rings (SSSR count). The molecule has 0 unspecified atom stereocenters. The van der Waals surface area contributed by atoms with Crippen molar-refractivity contribution in [1.82, 2.24) is 19.2 Å². The van der Waals surface area contributed by atoms with E-state index < -0.39 is 0 Å². The van der Waals surface area contributed by atoms with Crippen molar-refractivity contribution in [2.45, 2.75) is 18.6 Å². The average Bonchev–Trinajstić information content (AvgIpc) is 2.89. The third-order valence-electron chi connectivity index (χ3n) is 3.15. The maximum Gasteiger partial charge on any atom is 0.275 e. The SMILES string of the molecule is CSc1nc2n(Cc3ccccc3)c(C)cc(=O)n2n1. The molecule has 0 saturated heterocycles. The number of benzene rings is 1. The Morgan fingerprint density at radius 3 is 2.70 bits per heavy atom. The Morgan fingerprint density at radius 1 is 1.25 bits per heavy atom. The lowest BCUT2D eigenvalue weighted by Gasteiger charge is -2.11. The van der Waals surface area contributed by atoms with Crippen molar-refractivity contribution in [3.8, 4) is 0 Å². The summed E-state index contributed by atoms with van der Waals surface area (Å²) in [7, 11) is 0. The van der Waals surface area contributed by atoms with Crippen LogP contribution in [-0.4, -0.2) is 25.4 Å². The summed E-state index contributed by atoms with van der Waals surface area (Å²) >= 11 is 1.43. The molecule has 1 aromatic carbocycles. The van der Waals surface area contributed by atoms with Gasteiger partial charge in [-0.1, -0.05) is 42.1 Å². The van der Waals surface area contributed by atoms with E-state index in [0.717, 1.165) is 11.3 Å². The van der Waals surface area contributed by atoms with Gasteiger partial charge in [0.1, 0.15) is 0 Å². The van der Waals surface area contributed by atoms with Gasteiger partial charge >= 0.3 is 0 Å². The first-order valence-corrected chi connectivity index (χ1v) is 7.46. The van der Waals surface area contributed by atoms with Crippen molar-refractivity contribution in [1.29, 1.82) is 0 Å². The van der Waals surface area contributed by atoms with Gasteiger partial charge in [-0.3, -0.25) is 4.79 Å². The van der Waals surface area contributed by atoms with Crippen LogP contribution in [0.25, 0.3) is 5.78 Å². The van der Waals surface area contributed by atoms with Crippen molar-refractivity contribution < 1.29 is 0 Å². The van der Waals surface area contributed by atoms with Crippen LogP contribution >= 0.6 is 11.8 Å². The van der Waals surface area contributed by atoms with Gasteiger partial charge < -0.3 is 4.57 Å². The van der Waals surface area contributed by atoms with Crippen molar-refractivity contribution in [2.75, 3.05) is 6.26 Å². The van der Waals surface area contributed by atoms with Crippen molar-refractivity contribution >= 4 is 17.5 Å².